The van der Waals surface area contributed by atoms with Crippen molar-refractivity contribution >= 4 is 5.96 Å². The van der Waals surface area contributed by atoms with E-state index in [2.05, 4.69) is 17.2 Å². The van der Waals surface area contributed by atoms with E-state index < -0.39 is 5.60 Å². The Labute approximate surface area is 116 Å². The molecule has 110 valence electrons. The summed E-state index contributed by atoms with van der Waals surface area (Å²) in [7, 11) is 0. The van der Waals surface area contributed by atoms with Gasteiger partial charge in [-0.2, -0.15) is 0 Å². The summed E-state index contributed by atoms with van der Waals surface area (Å²) in [5.74, 6) is 1.30. The van der Waals surface area contributed by atoms with Crippen molar-refractivity contribution in [3.05, 3.63) is 0 Å². The third-order valence-electron chi connectivity index (χ3n) is 4.86. The molecule has 0 radical (unpaired) electrons. The third-order valence-corrected chi connectivity index (χ3v) is 4.86. The molecule has 0 saturated heterocycles. The molecule has 2 fully saturated rings. The Morgan fingerprint density at radius 3 is 2.47 bits per heavy atom. The van der Waals surface area contributed by atoms with Crippen LogP contribution in [0.15, 0.2) is 4.99 Å². The largest absolute Gasteiger partial charge is 0.388 e. The topological polar surface area (TPSA) is 70.6 Å². The van der Waals surface area contributed by atoms with E-state index in [-0.39, 0.29) is 0 Å². The second-order valence-electron chi connectivity index (χ2n) is 6.40. The summed E-state index contributed by atoms with van der Waals surface area (Å²) in [5.41, 5.74) is 5.29. The van der Waals surface area contributed by atoms with Gasteiger partial charge in [0.05, 0.1) is 12.1 Å². The Balaban J connectivity index is 1.76. The van der Waals surface area contributed by atoms with E-state index in [0.717, 1.165) is 31.6 Å². The van der Waals surface area contributed by atoms with E-state index in [4.69, 9.17) is 5.73 Å². The number of nitrogens with one attached hydrogen (secondary N) is 1. The van der Waals surface area contributed by atoms with Gasteiger partial charge in [-0.15, -0.1) is 0 Å². The summed E-state index contributed by atoms with van der Waals surface area (Å²) in [6.45, 7) is 2.69. The van der Waals surface area contributed by atoms with Crippen LogP contribution in [0.2, 0.25) is 0 Å². The van der Waals surface area contributed by atoms with Gasteiger partial charge in [-0.05, 0) is 44.4 Å². The average Bonchev–Trinajstić information content (AvgIpc) is 2.90. The lowest BCUT2D eigenvalue weighted by atomic mass is 9.78. The molecule has 0 aromatic rings. The fourth-order valence-corrected chi connectivity index (χ4v) is 3.34. The molecule has 0 aliphatic heterocycles. The van der Waals surface area contributed by atoms with Crippen molar-refractivity contribution in [3.8, 4) is 0 Å². The number of aliphatic imine (C=N–C) groups is 1. The molecule has 0 spiro atoms. The van der Waals surface area contributed by atoms with Crippen LogP contribution in [-0.2, 0) is 0 Å². The number of aliphatic hydroxyl groups is 1. The van der Waals surface area contributed by atoms with E-state index in [1.807, 2.05) is 0 Å². The first-order valence-electron chi connectivity index (χ1n) is 7.90. The van der Waals surface area contributed by atoms with Crippen molar-refractivity contribution in [2.75, 3.05) is 6.54 Å². The molecule has 0 unspecified atom stereocenters. The summed E-state index contributed by atoms with van der Waals surface area (Å²) in [4.78, 5) is 4.37. The molecule has 2 saturated carbocycles. The summed E-state index contributed by atoms with van der Waals surface area (Å²) >= 11 is 0. The van der Waals surface area contributed by atoms with Crippen molar-refractivity contribution in [2.24, 2.45) is 16.6 Å². The Kier molecular flexibility index (Phi) is 5.08. The standard InChI is InChI=1S/C15H29N3O/c1-2-12-7-9-15(19,10-8-12)11-17-14(16)18-13-5-3-4-6-13/h12-13,19H,2-11H2,1H3,(H3,16,17,18). The maximum atomic E-state index is 10.5. The van der Waals surface area contributed by atoms with E-state index in [0.29, 0.717) is 18.5 Å². The van der Waals surface area contributed by atoms with Crippen molar-refractivity contribution in [1.82, 2.24) is 5.32 Å². The highest BCUT2D eigenvalue weighted by Gasteiger charge is 2.32. The molecular weight excluding hydrogens is 238 g/mol. The van der Waals surface area contributed by atoms with E-state index >= 15 is 0 Å². The molecule has 4 nitrogen and oxygen atoms in total. The number of nitrogens with two attached hydrogens (primary N) is 1. The smallest absolute Gasteiger partial charge is 0.188 e. The van der Waals surface area contributed by atoms with Gasteiger partial charge in [0.2, 0.25) is 0 Å². The molecule has 2 aliphatic carbocycles. The highest BCUT2D eigenvalue weighted by molar-refractivity contribution is 5.78. The number of hydrogen-bond donors (Lipinski definition) is 3. The van der Waals surface area contributed by atoms with Crippen molar-refractivity contribution < 1.29 is 5.11 Å². The van der Waals surface area contributed by atoms with Gasteiger partial charge in [0, 0.05) is 6.04 Å². The predicted molar refractivity (Wildman–Crippen MR) is 79.1 cm³/mol. The molecule has 0 amide bonds. The maximum Gasteiger partial charge on any atom is 0.188 e. The summed E-state index contributed by atoms with van der Waals surface area (Å²) in [6.07, 6.45) is 10.2. The molecule has 4 N–H and O–H groups in total. The van der Waals surface area contributed by atoms with E-state index in [1.165, 1.54) is 32.1 Å². The predicted octanol–water partition coefficient (Wildman–Crippen LogP) is 2.16. The van der Waals surface area contributed by atoms with Crippen LogP contribution >= 0.6 is 0 Å². The van der Waals surface area contributed by atoms with Crippen LogP contribution in [0.25, 0.3) is 0 Å². The Morgan fingerprint density at radius 1 is 1.26 bits per heavy atom. The zero-order chi connectivity index (χ0) is 13.7. The van der Waals surface area contributed by atoms with Gasteiger partial charge in [0.25, 0.3) is 0 Å². The van der Waals surface area contributed by atoms with Crippen LogP contribution in [0.5, 0.6) is 0 Å². The van der Waals surface area contributed by atoms with Gasteiger partial charge in [-0.3, -0.25) is 4.99 Å². The van der Waals surface area contributed by atoms with Gasteiger partial charge in [0.1, 0.15) is 0 Å². The van der Waals surface area contributed by atoms with E-state index in [1.54, 1.807) is 0 Å². The van der Waals surface area contributed by atoms with Crippen LogP contribution in [0.3, 0.4) is 0 Å². The van der Waals surface area contributed by atoms with Crippen LogP contribution < -0.4 is 11.1 Å². The minimum atomic E-state index is -0.617. The lowest BCUT2D eigenvalue weighted by Gasteiger charge is -2.34. The monoisotopic (exact) mass is 267 g/mol. The molecule has 0 bridgehead atoms. The first-order valence-corrected chi connectivity index (χ1v) is 7.90. The highest BCUT2D eigenvalue weighted by Crippen LogP contribution is 2.33. The molecular formula is C15H29N3O. The van der Waals surface area contributed by atoms with Gasteiger partial charge in [-0.1, -0.05) is 26.2 Å². The van der Waals surface area contributed by atoms with Crippen LogP contribution in [0, 0.1) is 5.92 Å². The molecule has 2 rings (SSSR count). The number of hydrogen-bond acceptors (Lipinski definition) is 2. The average molecular weight is 267 g/mol. The third kappa shape index (κ3) is 4.37. The normalized spacial score (nSPS) is 33.6. The lowest BCUT2D eigenvalue weighted by Crippen LogP contribution is -2.42. The lowest BCUT2D eigenvalue weighted by molar-refractivity contribution is -0.000999. The first kappa shape index (κ1) is 14.6. The molecule has 4 heteroatoms. The molecule has 0 aromatic heterocycles. The zero-order valence-corrected chi connectivity index (χ0v) is 12.2. The Morgan fingerprint density at radius 2 is 1.89 bits per heavy atom. The van der Waals surface area contributed by atoms with Gasteiger partial charge in [0.15, 0.2) is 5.96 Å². The summed E-state index contributed by atoms with van der Waals surface area (Å²) < 4.78 is 0. The highest BCUT2D eigenvalue weighted by atomic mass is 16.3. The second kappa shape index (κ2) is 6.60. The molecule has 0 heterocycles. The minimum absolute atomic E-state index is 0.453. The number of rotatable bonds is 4. The molecule has 0 aromatic carbocycles. The van der Waals surface area contributed by atoms with Gasteiger partial charge >= 0.3 is 0 Å². The number of nitrogens with zero attached hydrogens (tertiary/aromatic N) is 1. The maximum absolute atomic E-state index is 10.5. The first-order chi connectivity index (χ1) is 9.11. The quantitative estimate of drug-likeness (QED) is 0.540. The second-order valence-corrected chi connectivity index (χ2v) is 6.40. The molecule has 2 aliphatic rings. The molecule has 19 heavy (non-hydrogen) atoms. The minimum Gasteiger partial charge on any atom is -0.388 e. The Bertz CT molecular complexity index is 303. The SMILES string of the molecule is CCC1CCC(O)(CN=C(N)NC2CCCC2)CC1. The van der Waals surface area contributed by atoms with Crippen LogP contribution in [0.1, 0.15) is 64.7 Å². The van der Waals surface area contributed by atoms with Crippen molar-refractivity contribution in [1.29, 1.82) is 0 Å². The van der Waals surface area contributed by atoms with Crippen LogP contribution in [-0.4, -0.2) is 29.3 Å². The van der Waals surface area contributed by atoms with E-state index in [9.17, 15) is 5.11 Å². The zero-order valence-electron chi connectivity index (χ0n) is 12.2. The number of guanidine groups is 1. The van der Waals surface area contributed by atoms with Crippen molar-refractivity contribution in [2.45, 2.75) is 76.4 Å². The van der Waals surface area contributed by atoms with Crippen LogP contribution in [0.4, 0.5) is 0 Å². The Hall–Kier alpha value is -0.770. The fourth-order valence-electron chi connectivity index (χ4n) is 3.34. The summed E-state index contributed by atoms with van der Waals surface area (Å²) in [5, 5.41) is 13.8. The summed E-state index contributed by atoms with van der Waals surface area (Å²) in [6, 6.07) is 0.495. The van der Waals surface area contributed by atoms with Crippen molar-refractivity contribution in [3.63, 3.8) is 0 Å². The van der Waals surface area contributed by atoms with Gasteiger partial charge in [-0.25, -0.2) is 0 Å². The molecule has 0 atom stereocenters. The van der Waals surface area contributed by atoms with Gasteiger partial charge < -0.3 is 16.2 Å². The fraction of sp³-hybridized carbons (Fsp3) is 0.933.